The highest BCUT2D eigenvalue weighted by atomic mass is 16.5. The van der Waals surface area contributed by atoms with E-state index in [1.54, 1.807) is 62.4 Å². The molecule has 10 nitrogen and oxygen atoms in total. The van der Waals surface area contributed by atoms with Crippen molar-refractivity contribution in [2.24, 2.45) is 23.7 Å². The van der Waals surface area contributed by atoms with Gasteiger partial charge in [-0.2, -0.15) is 0 Å². The van der Waals surface area contributed by atoms with Crippen LogP contribution in [0.15, 0.2) is 109 Å². The predicted molar refractivity (Wildman–Crippen MR) is 177 cm³/mol. The molecule has 10 heteroatoms. The van der Waals surface area contributed by atoms with Crippen molar-refractivity contribution in [1.82, 2.24) is 9.80 Å². The van der Waals surface area contributed by atoms with Crippen LogP contribution in [-0.4, -0.2) is 56.9 Å². The van der Waals surface area contributed by atoms with Crippen molar-refractivity contribution in [2.75, 3.05) is 13.1 Å². The molecule has 0 heterocycles. The molecule has 4 aromatic carbocycles. The van der Waals surface area contributed by atoms with Crippen LogP contribution in [0.2, 0.25) is 0 Å². The van der Waals surface area contributed by atoms with Gasteiger partial charge in [0.05, 0.1) is 23.7 Å². The zero-order valence-electron chi connectivity index (χ0n) is 26.8. The van der Waals surface area contributed by atoms with Crippen LogP contribution in [0.1, 0.15) is 25.0 Å². The van der Waals surface area contributed by atoms with Gasteiger partial charge in [-0.05, 0) is 73.5 Å². The Kier molecular flexibility index (Phi) is 10.7. The maximum Gasteiger partial charge on any atom is 0.308 e. The average molecular weight is 651 g/mol. The highest BCUT2D eigenvalue weighted by Crippen LogP contribution is 2.49. The Morgan fingerprint density at radius 3 is 1.10 bits per heavy atom. The summed E-state index contributed by atoms with van der Waals surface area (Å²) in [5, 5.41) is 20.1. The number of benzene rings is 4. The summed E-state index contributed by atoms with van der Waals surface area (Å²) in [6.07, 6.45) is 0. The molecular weight excluding hydrogens is 612 g/mol. The number of amides is 2. The number of ether oxygens (including phenoxy) is 2. The lowest BCUT2D eigenvalue weighted by Crippen LogP contribution is -2.64. The van der Waals surface area contributed by atoms with Crippen LogP contribution in [0.3, 0.4) is 0 Å². The van der Waals surface area contributed by atoms with Gasteiger partial charge in [0.15, 0.2) is 0 Å². The molecule has 0 spiro atoms. The third-order valence-electron chi connectivity index (χ3n) is 8.63. The summed E-state index contributed by atoms with van der Waals surface area (Å²) in [5.74, 6) is -7.11. The number of rotatable bonds is 14. The molecule has 0 aromatic heterocycles. The first-order valence-electron chi connectivity index (χ1n) is 15.9. The molecule has 1 fully saturated rings. The molecule has 4 atom stereocenters. The van der Waals surface area contributed by atoms with E-state index >= 15 is 0 Å². The summed E-state index contributed by atoms with van der Waals surface area (Å²) in [6, 6.07) is 32.9. The van der Waals surface area contributed by atoms with E-state index in [0.29, 0.717) is 23.0 Å². The van der Waals surface area contributed by atoms with Crippen molar-refractivity contribution >= 4 is 23.8 Å². The number of para-hydroxylation sites is 2. The lowest BCUT2D eigenvalue weighted by molar-refractivity contribution is -0.187. The molecule has 4 unspecified atom stereocenters. The quantitative estimate of drug-likeness (QED) is 0.162. The minimum absolute atomic E-state index is 0.150. The summed E-state index contributed by atoms with van der Waals surface area (Å²) in [7, 11) is 0. The molecule has 1 aliphatic carbocycles. The maximum atomic E-state index is 14.0. The highest BCUT2D eigenvalue weighted by Gasteiger charge is 2.64. The normalized spacial score (nSPS) is 18.2. The first kappa shape index (κ1) is 33.7. The molecule has 2 amide bonds. The summed E-state index contributed by atoms with van der Waals surface area (Å²) in [4.78, 5) is 55.6. The van der Waals surface area contributed by atoms with Crippen molar-refractivity contribution in [3.63, 3.8) is 0 Å². The largest absolute Gasteiger partial charge is 0.481 e. The second-order valence-electron chi connectivity index (χ2n) is 11.6. The number of carboxylic acids is 2. The van der Waals surface area contributed by atoms with Gasteiger partial charge in [-0.25, -0.2) is 0 Å². The smallest absolute Gasteiger partial charge is 0.308 e. The Hall–Kier alpha value is -5.64. The molecule has 48 heavy (non-hydrogen) atoms. The number of carboxylic acid groups (broad SMARTS) is 2. The monoisotopic (exact) mass is 650 g/mol. The van der Waals surface area contributed by atoms with Gasteiger partial charge in [-0.1, -0.05) is 60.7 Å². The summed E-state index contributed by atoms with van der Waals surface area (Å²) >= 11 is 0. The van der Waals surface area contributed by atoms with Crippen molar-refractivity contribution in [2.45, 2.75) is 26.9 Å². The van der Waals surface area contributed by atoms with Gasteiger partial charge in [-0.15, -0.1) is 0 Å². The molecule has 1 aliphatic rings. The van der Waals surface area contributed by atoms with Crippen LogP contribution in [0.5, 0.6) is 23.0 Å². The van der Waals surface area contributed by atoms with E-state index in [1.165, 1.54) is 9.80 Å². The van der Waals surface area contributed by atoms with E-state index in [0.717, 1.165) is 11.1 Å². The molecule has 0 aliphatic heterocycles. The summed E-state index contributed by atoms with van der Waals surface area (Å²) in [6.45, 7) is 4.28. The number of nitrogens with zero attached hydrogens (tertiary/aromatic N) is 2. The molecular formula is C38H38N2O8. The van der Waals surface area contributed by atoms with Crippen molar-refractivity contribution < 1.29 is 38.9 Å². The standard InChI is InChI=1S/C38H38N2O8/c1-3-39(23-25-15-19-29(20-16-25)47-27-11-7-5-8-12-27)35(41)31-32(34(38(45)46)33(31)37(43)44)36(42)40(4-2)24-26-17-21-30(22-18-26)48-28-13-9-6-10-14-28/h5-22,31-34H,3-4,23-24H2,1-2H3,(H,43,44)(H,45,46). The molecule has 0 radical (unpaired) electrons. The molecule has 1 saturated carbocycles. The van der Waals surface area contributed by atoms with E-state index in [9.17, 15) is 29.4 Å². The molecule has 5 rings (SSSR count). The fraction of sp³-hybridized carbons (Fsp3) is 0.263. The fourth-order valence-corrected chi connectivity index (χ4v) is 6.11. The van der Waals surface area contributed by atoms with Gasteiger partial charge in [0.25, 0.3) is 0 Å². The average Bonchev–Trinajstić information content (AvgIpc) is 3.07. The first-order chi connectivity index (χ1) is 23.2. The lowest BCUT2D eigenvalue weighted by atomic mass is 9.55. The molecule has 4 aromatic rings. The van der Waals surface area contributed by atoms with Crippen LogP contribution in [0.4, 0.5) is 0 Å². The first-order valence-corrected chi connectivity index (χ1v) is 15.9. The second kappa shape index (κ2) is 15.3. The van der Waals surface area contributed by atoms with Crippen LogP contribution in [0, 0.1) is 23.7 Å². The Morgan fingerprint density at radius 1 is 0.500 bits per heavy atom. The molecule has 2 N–H and O–H groups in total. The van der Waals surface area contributed by atoms with Crippen LogP contribution >= 0.6 is 0 Å². The molecule has 248 valence electrons. The number of carbonyl (C=O) groups is 4. The second-order valence-corrected chi connectivity index (χ2v) is 11.6. The van der Waals surface area contributed by atoms with Gasteiger partial charge in [0.2, 0.25) is 11.8 Å². The Balaban J connectivity index is 1.31. The summed E-state index contributed by atoms with van der Waals surface area (Å²) in [5.41, 5.74) is 1.54. The number of aliphatic carboxylic acids is 2. The van der Waals surface area contributed by atoms with E-state index < -0.39 is 47.4 Å². The zero-order valence-corrected chi connectivity index (χ0v) is 26.8. The molecule has 0 bridgehead atoms. The van der Waals surface area contributed by atoms with Gasteiger partial charge >= 0.3 is 11.9 Å². The Morgan fingerprint density at radius 2 is 0.812 bits per heavy atom. The minimum Gasteiger partial charge on any atom is -0.481 e. The topological polar surface area (TPSA) is 134 Å². The highest BCUT2D eigenvalue weighted by molar-refractivity contribution is 5.99. The van der Waals surface area contributed by atoms with E-state index in [-0.39, 0.29) is 26.2 Å². The molecule has 0 saturated heterocycles. The SMILES string of the molecule is CCN(Cc1ccc(Oc2ccccc2)cc1)C(=O)C1C(C(=O)O)C(C(=O)O)C1C(=O)N(CC)Cc1ccc(Oc2ccccc2)cc1. The van der Waals surface area contributed by atoms with Gasteiger partial charge in [-0.3, -0.25) is 19.2 Å². The Labute approximate surface area is 279 Å². The van der Waals surface area contributed by atoms with E-state index in [1.807, 2.05) is 60.7 Å². The van der Waals surface area contributed by atoms with E-state index in [4.69, 9.17) is 9.47 Å². The van der Waals surface area contributed by atoms with Crippen molar-refractivity contribution in [3.05, 3.63) is 120 Å². The maximum absolute atomic E-state index is 14.0. The Bertz CT molecular complexity index is 1580. The van der Waals surface area contributed by atoms with Crippen LogP contribution < -0.4 is 9.47 Å². The van der Waals surface area contributed by atoms with E-state index in [2.05, 4.69) is 0 Å². The van der Waals surface area contributed by atoms with Gasteiger partial charge in [0.1, 0.15) is 23.0 Å². The zero-order chi connectivity index (χ0) is 34.2. The van der Waals surface area contributed by atoms with Crippen molar-refractivity contribution in [1.29, 1.82) is 0 Å². The predicted octanol–water partition coefficient (Wildman–Crippen LogP) is 6.32. The fourth-order valence-electron chi connectivity index (χ4n) is 6.11. The number of hydrogen-bond donors (Lipinski definition) is 2. The third kappa shape index (κ3) is 7.66. The van der Waals surface area contributed by atoms with Gasteiger partial charge in [0, 0.05) is 26.2 Å². The number of carbonyl (C=O) groups excluding carboxylic acids is 2. The number of hydrogen-bond acceptors (Lipinski definition) is 6. The summed E-state index contributed by atoms with van der Waals surface area (Å²) < 4.78 is 11.7. The third-order valence-corrected chi connectivity index (χ3v) is 8.63. The lowest BCUT2D eigenvalue weighted by Gasteiger charge is -2.48. The minimum atomic E-state index is -1.53. The van der Waals surface area contributed by atoms with Crippen LogP contribution in [0.25, 0.3) is 0 Å². The van der Waals surface area contributed by atoms with Crippen molar-refractivity contribution in [3.8, 4) is 23.0 Å². The van der Waals surface area contributed by atoms with Gasteiger partial charge < -0.3 is 29.5 Å². The van der Waals surface area contributed by atoms with Crippen LogP contribution in [-0.2, 0) is 32.3 Å².